The Morgan fingerprint density at radius 1 is 1.06 bits per heavy atom. The Morgan fingerprint density at radius 2 is 1.77 bits per heavy atom. The smallest absolute Gasteiger partial charge is 0.277 e. The van der Waals surface area contributed by atoms with E-state index in [4.69, 9.17) is 32.7 Å². The number of aryl methyl sites for hydroxylation is 1. The summed E-state index contributed by atoms with van der Waals surface area (Å²) in [6.45, 7) is 2.23. The lowest BCUT2D eigenvalue weighted by molar-refractivity contribution is -0.123. The van der Waals surface area contributed by atoms with Crippen LogP contribution in [-0.4, -0.2) is 30.2 Å². The van der Waals surface area contributed by atoms with Crippen molar-refractivity contribution in [2.75, 3.05) is 18.1 Å². The first kappa shape index (κ1) is 25.8. The van der Waals surface area contributed by atoms with Crippen LogP contribution < -0.4 is 14.9 Å². The van der Waals surface area contributed by atoms with Gasteiger partial charge in [-0.3, -0.25) is 4.79 Å². The monoisotopic (exact) mass is 546 g/mol. The molecule has 4 rings (SSSR count). The standard InChI is InChI=1S/C26H24Cl2N2O3S2/c1-17-3-2-4-18(11-17)15-33-25-22(27)12-19(13-23(25)28)14-29-30-24(31)16-32-21-7-5-20(6-8-21)26-34-9-10-35-26/h2-8,11-14,26H,9-10,15-16H2,1H3,(H,30,31)/b29-14-. The van der Waals surface area contributed by atoms with E-state index in [9.17, 15) is 4.79 Å². The second-order valence-electron chi connectivity index (χ2n) is 7.82. The predicted octanol–water partition coefficient (Wildman–Crippen LogP) is 6.89. The van der Waals surface area contributed by atoms with Crippen LogP contribution in [0.1, 0.15) is 26.8 Å². The molecule has 0 aromatic heterocycles. The molecule has 0 spiro atoms. The van der Waals surface area contributed by atoms with Crippen LogP contribution in [0.4, 0.5) is 0 Å². The molecule has 1 N–H and O–H groups in total. The first-order valence-corrected chi connectivity index (χ1v) is 13.8. The van der Waals surface area contributed by atoms with Gasteiger partial charge >= 0.3 is 0 Å². The minimum Gasteiger partial charge on any atom is -0.486 e. The van der Waals surface area contributed by atoms with Crippen molar-refractivity contribution in [3.05, 3.63) is 93.0 Å². The highest BCUT2D eigenvalue weighted by Gasteiger charge is 2.18. The Bertz CT molecular complexity index is 1180. The fourth-order valence-corrected chi connectivity index (χ4v) is 6.85. The number of carbonyl (C=O) groups is 1. The Kier molecular flexibility index (Phi) is 9.26. The molecule has 0 unspecified atom stereocenters. The molecule has 5 nitrogen and oxygen atoms in total. The van der Waals surface area contributed by atoms with Crippen molar-refractivity contribution in [3.8, 4) is 11.5 Å². The fourth-order valence-electron chi connectivity index (χ4n) is 3.38. The quantitative estimate of drug-likeness (QED) is 0.234. The first-order chi connectivity index (χ1) is 17.0. The number of halogens is 2. The van der Waals surface area contributed by atoms with E-state index in [2.05, 4.69) is 10.5 Å². The molecule has 3 aromatic carbocycles. The highest BCUT2D eigenvalue weighted by Crippen LogP contribution is 2.45. The average Bonchev–Trinajstić information content (AvgIpc) is 3.38. The topological polar surface area (TPSA) is 59.9 Å². The number of ether oxygens (including phenoxy) is 2. The van der Waals surface area contributed by atoms with Crippen molar-refractivity contribution in [2.24, 2.45) is 5.10 Å². The lowest BCUT2D eigenvalue weighted by Crippen LogP contribution is -2.24. The molecule has 182 valence electrons. The molecule has 1 aliphatic rings. The van der Waals surface area contributed by atoms with Gasteiger partial charge in [0, 0.05) is 11.5 Å². The van der Waals surface area contributed by atoms with Crippen LogP contribution >= 0.6 is 46.7 Å². The van der Waals surface area contributed by atoms with E-state index in [0.717, 1.165) is 11.1 Å². The van der Waals surface area contributed by atoms with Crippen LogP contribution in [0.3, 0.4) is 0 Å². The minimum absolute atomic E-state index is 0.142. The van der Waals surface area contributed by atoms with Crippen LogP contribution in [0.2, 0.25) is 10.0 Å². The molecular weight excluding hydrogens is 523 g/mol. The molecule has 0 radical (unpaired) electrons. The van der Waals surface area contributed by atoms with Gasteiger partial charge in [0.25, 0.3) is 5.91 Å². The van der Waals surface area contributed by atoms with Crippen molar-refractivity contribution in [1.82, 2.24) is 5.43 Å². The Morgan fingerprint density at radius 3 is 2.46 bits per heavy atom. The normalized spacial score (nSPS) is 13.8. The van der Waals surface area contributed by atoms with Gasteiger partial charge in [0.15, 0.2) is 12.4 Å². The van der Waals surface area contributed by atoms with Gasteiger partial charge in [-0.1, -0.05) is 65.2 Å². The highest BCUT2D eigenvalue weighted by atomic mass is 35.5. The summed E-state index contributed by atoms with van der Waals surface area (Å²) in [5.74, 6) is 3.03. The van der Waals surface area contributed by atoms with Gasteiger partial charge in [0.1, 0.15) is 12.4 Å². The number of amides is 1. The van der Waals surface area contributed by atoms with E-state index in [1.807, 2.05) is 79.0 Å². The van der Waals surface area contributed by atoms with Crippen LogP contribution in [0, 0.1) is 6.92 Å². The van der Waals surface area contributed by atoms with Crippen LogP contribution in [0.25, 0.3) is 0 Å². The second kappa shape index (κ2) is 12.6. The van der Waals surface area contributed by atoms with Gasteiger partial charge in [0.05, 0.1) is 20.8 Å². The summed E-state index contributed by atoms with van der Waals surface area (Å²) in [4.78, 5) is 12.1. The number of benzene rings is 3. The molecule has 0 saturated carbocycles. The van der Waals surface area contributed by atoms with Crippen molar-refractivity contribution in [1.29, 1.82) is 0 Å². The maximum atomic E-state index is 12.1. The third kappa shape index (κ3) is 7.58. The van der Waals surface area contributed by atoms with E-state index in [0.29, 0.717) is 38.3 Å². The molecule has 1 amide bonds. The van der Waals surface area contributed by atoms with Crippen molar-refractivity contribution in [3.63, 3.8) is 0 Å². The Labute approximate surface area is 223 Å². The number of hydrazone groups is 1. The summed E-state index contributed by atoms with van der Waals surface area (Å²) in [6.07, 6.45) is 1.46. The lowest BCUT2D eigenvalue weighted by Gasteiger charge is -2.11. The average molecular weight is 548 g/mol. The van der Waals surface area contributed by atoms with Crippen molar-refractivity contribution >= 4 is 58.8 Å². The number of nitrogens with one attached hydrogen (secondary N) is 1. The third-order valence-corrected chi connectivity index (χ3v) is 8.70. The second-order valence-corrected chi connectivity index (χ2v) is 11.4. The van der Waals surface area contributed by atoms with Gasteiger partial charge < -0.3 is 9.47 Å². The van der Waals surface area contributed by atoms with Gasteiger partial charge in [0.2, 0.25) is 0 Å². The van der Waals surface area contributed by atoms with E-state index >= 15 is 0 Å². The number of nitrogens with zero attached hydrogens (tertiary/aromatic N) is 1. The number of thioether (sulfide) groups is 2. The van der Waals surface area contributed by atoms with Gasteiger partial charge in [-0.2, -0.15) is 5.10 Å². The molecule has 0 bridgehead atoms. The number of hydrogen-bond donors (Lipinski definition) is 1. The molecule has 0 aliphatic carbocycles. The zero-order valence-corrected chi connectivity index (χ0v) is 22.1. The number of hydrogen-bond acceptors (Lipinski definition) is 6. The Balaban J connectivity index is 1.25. The minimum atomic E-state index is -0.373. The highest BCUT2D eigenvalue weighted by molar-refractivity contribution is 8.19. The van der Waals surface area contributed by atoms with Crippen molar-refractivity contribution < 1.29 is 14.3 Å². The van der Waals surface area contributed by atoms with Gasteiger partial charge in [-0.05, 0) is 47.9 Å². The molecule has 35 heavy (non-hydrogen) atoms. The molecule has 3 aromatic rings. The Hall–Kier alpha value is -2.32. The molecule has 1 saturated heterocycles. The van der Waals surface area contributed by atoms with Gasteiger partial charge in [-0.15, -0.1) is 23.5 Å². The van der Waals surface area contributed by atoms with Crippen LogP contribution in [0.15, 0.2) is 65.8 Å². The van der Waals surface area contributed by atoms with E-state index in [1.165, 1.54) is 23.3 Å². The molecule has 1 heterocycles. The van der Waals surface area contributed by atoms with E-state index < -0.39 is 0 Å². The number of rotatable bonds is 9. The van der Waals surface area contributed by atoms with Gasteiger partial charge in [-0.25, -0.2) is 5.43 Å². The van der Waals surface area contributed by atoms with E-state index in [1.54, 1.807) is 12.1 Å². The molecule has 1 fully saturated rings. The molecule has 0 atom stereocenters. The number of carbonyl (C=O) groups excluding carboxylic acids is 1. The first-order valence-electron chi connectivity index (χ1n) is 10.9. The summed E-state index contributed by atoms with van der Waals surface area (Å²) in [7, 11) is 0. The fraction of sp³-hybridized carbons (Fsp3) is 0.231. The SMILES string of the molecule is Cc1cccc(COc2c(Cl)cc(/C=N\NC(=O)COc3ccc(C4SCCS4)cc3)cc2Cl)c1. The summed E-state index contributed by atoms with van der Waals surface area (Å²) in [5, 5.41) is 4.69. The molecular formula is C26H24Cl2N2O3S2. The summed E-state index contributed by atoms with van der Waals surface area (Å²) < 4.78 is 11.9. The lowest BCUT2D eigenvalue weighted by atomic mass is 10.1. The molecule has 1 aliphatic heterocycles. The zero-order chi connectivity index (χ0) is 24.6. The third-order valence-electron chi connectivity index (χ3n) is 5.03. The van der Waals surface area contributed by atoms with E-state index in [-0.39, 0.29) is 12.5 Å². The van der Waals surface area contributed by atoms with Crippen LogP contribution in [-0.2, 0) is 11.4 Å². The summed E-state index contributed by atoms with van der Waals surface area (Å²) in [5.41, 5.74) is 6.51. The largest absolute Gasteiger partial charge is 0.486 e. The van der Waals surface area contributed by atoms with Crippen molar-refractivity contribution in [2.45, 2.75) is 18.1 Å². The maximum Gasteiger partial charge on any atom is 0.277 e. The molecule has 9 heteroatoms. The zero-order valence-electron chi connectivity index (χ0n) is 19.0. The van der Waals surface area contributed by atoms with Crippen LogP contribution in [0.5, 0.6) is 11.5 Å². The predicted molar refractivity (Wildman–Crippen MR) is 147 cm³/mol. The maximum absolute atomic E-state index is 12.1. The summed E-state index contributed by atoms with van der Waals surface area (Å²) >= 11 is 16.6. The summed E-state index contributed by atoms with van der Waals surface area (Å²) in [6, 6.07) is 19.2.